The Balaban J connectivity index is 2.29. The van der Waals surface area contributed by atoms with Crippen molar-refractivity contribution in [2.24, 2.45) is 5.73 Å². The molecule has 0 fully saturated rings. The van der Waals surface area contributed by atoms with E-state index < -0.39 is 0 Å². The average Bonchev–Trinajstić information content (AvgIpc) is 2.25. The molecule has 4 nitrogen and oxygen atoms in total. The van der Waals surface area contributed by atoms with Gasteiger partial charge in [0.25, 0.3) is 0 Å². The number of nitrogens with two attached hydrogens (primary N) is 1. The van der Waals surface area contributed by atoms with Gasteiger partial charge in [-0.15, -0.1) is 0 Å². The van der Waals surface area contributed by atoms with E-state index in [1.165, 1.54) is 0 Å². The standard InChI is InChI=1S/C12H19N3O/c1-9(13)3-6-12(16)15-8-11-5-4-10(2)14-7-11/h4-5,7,9H,3,6,8,13H2,1-2H3,(H,15,16). The van der Waals surface area contributed by atoms with E-state index in [2.05, 4.69) is 10.3 Å². The van der Waals surface area contributed by atoms with Crippen LogP contribution < -0.4 is 11.1 Å². The van der Waals surface area contributed by atoms with Gasteiger partial charge in [-0.1, -0.05) is 6.07 Å². The average molecular weight is 221 g/mol. The summed E-state index contributed by atoms with van der Waals surface area (Å²) in [5, 5.41) is 2.84. The third kappa shape index (κ3) is 4.89. The predicted octanol–water partition coefficient (Wildman–Crippen LogP) is 1.13. The quantitative estimate of drug-likeness (QED) is 0.783. The third-order valence-corrected chi connectivity index (χ3v) is 2.29. The van der Waals surface area contributed by atoms with Crippen LogP contribution in [0.2, 0.25) is 0 Å². The Labute approximate surface area is 96.3 Å². The van der Waals surface area contributed by atoms with Crippen molar-refractivity contribution in [2.45, 2.75) is 39.3 Å². The van der Waals surface area contributed by atoms with Gasteiger partial charge in [-0.3, -0.25) is 9.78 Å². The number of amides is 1. The number of rotatable bonds is 5. The van der Waals surface area contributed by atoms with Crippen LogP contribution in [0.25, 0.3) is 0 Å². The SMILES string of the molecule is Cc1ccc(CNC(=O)CCC(C)N)cn1. The highest BCUT2D eigenvalue weighted by Gasteiger charge is 2.03. The highest BCUT2D eigenvalue weighted by Crippen LogP contribution is 1.99. The van der Waals surface area contributed by atoms with Crippen molar-refractivity contribution in [2.75, 3.05) is 0 Å². The Morgan fingerprint density at radius 2 is 2.31 bits per heavy atom. The molecule has 1 unspecified atom stereocenters. The van der Waals surface area contributed by atoms with Gasteiger partial charge in [0.2, 0.25) is 5.91 Å². The minimum atomic E-state index is 0.0397. The van der Waals surface area contributed by atoms with E-state index in [1.807, 2.05) is 26.0 Å². The van der Waals surface area contributed by atoms with Crippen LogP contribution in [0.15, 0.2) is 18.3 Å². The minimum absolute atomic E-state index is 0.0397. The lowest BCUT2D eigenvalue weighted by Gasteiger charge is -2.06. The smallest absolute Gasteiger partial charge is 0.220 e. The summed E-state index contributed by atoms with van der Waals surface area (Å²) in [6, 6.07) is 3.98. The number of hydrogen-bond donors (Lipinski definition) is 2. The molecule has 0 spiro atoms. The van der Waals surface area contributed by atoms with E-state index in [0.29, 0.717) is 13.0 Å². The molecule has 1 heterocycles. The van der Waals surface area contributed by atoms with Crippen molar-refractivity contribution in [3.8, 4) is 0 Å². The first kappa shape index (κ1) is 12.6. The second-order valence-corrected chi connectivity index (χ2v) is 4.10. The first-order valence-electron chi connectivity index (χ1n) is 5.51. The zero-order valence-corrected chi connectivity index (χ0v) is 9.86. The second-order valence-electron chi connectivity index (χ2n) is 4.10. The van der Waals surface area contributed by atoms with Crippen molar-refractivity contribution in [3.05, 3.63) is 29.6 Å². The van der Waals surface area contributed by atoms with E-state index in [1.54, 1.807) is 6.20 Å². The summed E-state index contributed by atoms with van der Waals surface area (Å²) in [4.78, 5) is 15.6. The Bertz CT molecular complexity index is 333. The van der Waals surface area contributed by atoms with Crippen LogP contribution in [0.1, 0.15) is 31.0 Å². The van der Waals surface area contributed by atoms with Crippen LogP contribution in [-0.4, -0.2) is 16.9 Å². The van der Waals surface area contributed by atoms with Crippen LogP contribution >= 0.6 is 0 Å². The lowest BCUT2D eigenvalue weighted by molar-refractivity contribution is -0.121. The number of hydrogen-bond acceptors (Lipinski definition) is 3. The highest BCUT2D eigenvalue weighted by molar-refractivity contribution is 5.75. The minimum Gasteiger partial charge on any atom is -0.352 e. The Hall–Kier alpha value is -1.42. The molecule has 1 aromatic heterocycles. The van der Waals surface area contributed by atoms with Crippen molar-refractivity contribution < 1.29 is 4.79 Å². The highest BCUT2D eigenvalue weighted by atomic mass is 16.1. The van der Waals surface area contributed by atoms with Crippen molar-refractivity contribution in [1.29, 1.82) is 0 Å². The maximum absolute atomic E-state index is 11.4. The van der Waals surface area contributed by atoms with Gasteiger partial charge in [-0.2, -0.15) is 0 Å². The van der Waals surface area contributed by atoms with Crippen LogP contribution in [0.5, 0.6) is 0 Å². The van der Waals surface area contributed by atoms with Crippen LogP contribution in [0, 0.1) is 6.92 Å². The Kier molecular flexibility index (Phi) is 4.92. The van der Waals surface area contributed by atoms with Crippen molar-refractivity contribution >= 4 is 5.91 Å². The van der Waals surface area contributed by atoms with Gasteiger partial charge in [0.15, 0.2) is 0 Å². The molecule has 0 saturated carbocycles. The van der Waals surface area contributed by atoms with E-state index in [0.717, 1.165) is 17.7 Å². The molecule has 1 rings (SSSR count). The molecule has 0 aliphatic rings. The number of nitrogens with zero attached hydrogens (tertiary/aromatic N) is 1. The fourth-order valence-corrected chi connectivity index (χ4v) is 1.25. The Morgan fingerprint density at radius 1 is 1.56 bits per heavy atom. The zero-order chi connectivity index (χ0) is 12.0. The van der Waals surface area contributed by atoms with Gasteiger partial charge in [0.1, 0.15) is 0 Å². The number of carbonyl (C=O) groups excluding carboxylic acids is 1. The van der Waals surface area contributed by atoms with E-state index in [4.69, 9.17) is 5.73 Å². The first-order valence-corrected chi connectivity index (χ1v) is 5.51. The molecule has 0 radical (unpaired) electrons. The molecule has 1 aromatic rings. The summed E-state index contributed by atoms with van der Waals surface area (Å²) in [6.45, 7) is 4.37. The molecule has 4 heteroatoms. The lowest BCUT2D eigenvalue weighted by atomic mass is 10.2. The van der Waals surface area contributed by atoms with Crippen molar-refractivity contribution in [1.82, 2.24) is 10.3 Å². The number of pyridine rings is 1. The summed E-state index contributed by atoms with van der Waals surface area (Å²) in [5.41, 5.74) is 7.57. The first-order chi connectivity index (χ1) is 7.58. The fraction of sp³-hybridized carbons (Fsp3) is 0.500. The molecule has 0 bridgehead atoms. The molecule has 0 aromatic carbocycles. The molecule has 88 valence electrons. The molecule has 3 N–H and O–H groups in total. The fourth-order valence-electron chi connectivity index (χ4n) is 1.25. The largest absolute Gasteiger partial charge is 0.352 e. The molecule has 0 saturated heterocycles. The summed E-state index contributed by atoms with van der Waals surface area (Å²) in [7, 11) is 0. The molecule has 0 aliphatic carbocycles. The molecule has 1 amide bonds. The zero-order valence-electron chi connectivity index (χ0n) is 9.86. The van der Waals surface area contributed by atoms with Crippen LogP contribution in [0.4, 0.5) is 0 Å². The van der Waals surface area contributed by atoms with Gasteiger partial charge in [0, 0.05) is 30.9 Å². The van der Waals surface area contributed by atoms with Crippen molar-refractivity contribution in [3.63, 3.8) is 0 Å². The summed E-state index contributed by atoms with van der Waals surface area (Å²) >= 11 is 0. The lowest BCUT2D eigenvalue weighted by Crippen LogP contribution is -2.25. The normalized spacial score (nSPS) is 12.2. The number of aryl methyl sites for hydroxylation is 1. The molecule has 16 heavy (non-hydrogen) atoms. The van der Waals surface area contributed by atoms with Gasteiger partial charge < -0.3 is 11.1 Å². The van der Waals surface area contributed by atoms with E-state index in [-0.39, 0.29) is 11.9 Å². The molecule has 0 aliphatic heterocycles. The van der Waals surface area contributed by atoms with Gasteiger partial charge in [-0.25, -0.2) is 0 Å². The summed E-state index contributed by atoms with van der Waals surface area (Å²) in [6.07, 6.45) is 2.98. The maximum atomic E-state index is 11.4. The summed E-state index contributed by atoms with van der Waals surface area (Å²) in [5.74, 6) is 0.0397. The monoisotopic (exact) mass is 221 g/mol. The van der Waals surface area contributed by atoms with Gasteiger partial charge in [0.05, 0.1) is 0 Å². The number of aromatic nitrogens is 1. The summed E-state index contributed by atoms with van der Waals surface area (Å²) < 4.78 is 0. The second kappa shape index (κ2) is 6.23. The third-order valence-electron chi connectivity index (χ3n) is 2.29. The maximum Gasteiger partial charge on any atom is 0.220 e. The van der Waals surface area contributed by atoms with Gasteiger partial charge in [-0.05, 0) is 31.9 Å². The van der Waals surface area contributed by atoms with E-state index in [9.17, 15) is 4.79 Å². The Morgan fingerprint density at radius 3 is 2.88 bits per heavy atom. The number of carbonyl (C=O) groups is 1. The van der Waals surface area contributed by atoms with Gasteiger partial charge >= 0.3 is 0 Å². The predicted molar refractivity (Wildman–Crippen MR) is 63.7 cm³/mol. The topological polar surface area (TPSA) is 68.0 Å². The number of nitrogens with one attached hydrogen (secondary N) is 1. The molecular weight excluding hydrogens is 202 g/mol. The van der Waals surface area contributed by atoms with Crippen LogP contribution in [-0.2, 0) is 11.3 Å². The van der Waals surface area contributed by atoms with Crippen LogP contribution in [0.3, 0.4) is 0 Å². The molecule has 1 atom stereocenters. The molecular formula is C12H19N3O. The van der Waals surface area contributed by atoms with E-state index >= 15 is 0 Å².